The number of pyridine rings is 2. The molecule has 2 aromatic rings. The number of carboxylic acid groups (broad SMARTS) is 1. The molecular weight excluding hydrogens is 598 g/mol. The second-order valence-corrected chi connectivity index (χ2v) is 10.5. The highest BCUT2D eigenvalue weighted by Gasteiger charge is 2.37. The van der Waals surface area contributed by atoms with Crippen LogP contribution in [0.25, 0.3) is 0 Å². The number of hydrogen-bond acceptors (Lipinski definition) is 7. The first-order chi connectivity index (χ1) is 20.5. The number of aromatic nitrogens is 2. The molecule has 1 aliphatic rings. The number of alkyl halides is 6. The molecule has 1 saturated heterocycles. The van der Waals surface area contributed by atoms with Gasteiger partial charge in [-0.25, -0.2) is 0 Å². The molecule has 0 bridgehead atoms. The van der Waals surface area contributed by atoms with Crippen molar-refractivity contribution in [2.75, 3.05) is 32.8 Å². The highest BCUT2D eigenvalue weighted by molar-refractivity contribution is 5.96. The van der Waals surface area contributed by atoms with Crippen LogP contribution in [-0.4, -0.2) is 75.5 Å². The van der Waals surface area contributed by atoms with Crippen molar-refractivity contribution >= 4 is 17.8 Å². The van der Waals surface area contributed by atoms with E-state index in [1.807, 2.05) is 4.90 Å². The highest BCUT2D eigenvalue weighted by atomic mass is 19.4. The standard InChI is InChI=1S/C15H16F3N3O3.C13H16F3N3O/c1-14(2,13(23)24)4-7-21(8-5-19)12(22)10-9-20-6-3-11(10)15(16,17)18;14-13(15,16)11-4-5-17-8-10(11)12(20)18-9-19-6-2-1-3-7-19/h3,6,9H,4,7-8H2,1-2H3,(H,23,24);4-5,8H,1-3,6-7,9H2,(H,18,20). The Kier molecular flexibility index (Phi) is 12.6. The molecule has 1 aliphatic heterocycles. The summed E-state index contributed by atoms with van der Waals surface area (Å²) in [7, 11) is 0. The summed E-state index contributed by atoms with van der Waals surface area (Å²) in [6.07, 6.45) is -2.36. The van der Waals surface area contributed by atoms with Crippen LogP contribution < -0.4 is 5.32 Å². The minimum absolute atomic E-state index is 0.0165. The van der Waals surface area contributed by atoms with Gasteiger partial charge in [-0.1, -0.05) is 6.42 Å². The lowest BCUT2D eigenvalue weighted by molar-refractivity contribution is -0.147. The Bertz CT molecular complexity index is 1340. The number of likely N-dealkylation sites (tertiary alicyclic amines) is 1. The molecule has 2 N–H and O–H groups in total. The zero-order chi connectivity index (χ0) is 33.1. The first-order valence-corrected chi connectivity index (χ1v) is 13.4. The Hall–Kier alpha value is -4.26. The van der Waals surface area contributed by atoms with Crippen LogP contribution in [0.1, 0.15) is 71.4 Å². The molecule has 1 fully saturated rings. The number of halogens is 6. The lowest BCUT2D eigenvalue weighted by Crippen LogP contribution is -2.40. The second-order valence-electron chi connectivity index (χ2n) is 10.5. The van der Waals surface area contributed by atoms with Gasteiger partial charge in [-0.3, -0.25) is 29.3 Å². The van der Waals surface area contributed by atoms with Gasteiger partial charge in [-0.15, -0.1) is 0 Å². The summed E-state index contributed by atoms with van der Waals surface area (Å²) in [6, 6.07) is 3.19. The SMILES string of the molecule is CC(C)(CCN(CC#N)C(=O)c1cnccc1C(F)(F)F)C(=O)O.O=C(NCN1CCCCC1)c1cnccc1C(F)(F)F. The predicted octanol–water partition coefficient (Wildman–Crippen LogP) is 4.84. The Morgan fingerprint density at radius 3 is 1.98 bits per heavy atom. The summed E-state index contributed by atoms with van der Waals surface area (Å²) in [5.74, 6) is -2.86. The summed E-state index contributed by atoms with van der Waals surface area (Å²) >= 11 is 0. The number of nitriles is 1. The number of aliphatic carboxylic acids is 1. The summed E-state index contributed by atoms with van der Waals surface area (Å²) < 4.78 is 77.3. The van der Waals surface area contributed by atoms with Crippen molar-refractivity contribution < 1.29 is 45.8 Å². The number of carbonyl (C=O) groups excluding carboxylic acids is 2. The minimum Gasteiger partial charge on any atom is -0.481 e. The fourth-order valence-electron chi connectivity index (χ4n) is 4.06. The average Bonchev–Trinajstić information content (AvgIpc) is 2.97. The topological polar surface area (TPSA) is 140 Å². The first kappa shape index (κ1) is 35.9. The van der Waals surface area contributed by atoms with Crippen LogP contribution in [0.15, 0.2) is 36.9 Å². The highest BCUT2D eigenvalue weighted by Crippen LogP contribution is 2.33. The van der Waals surface area contributed by atoms with Gasteiger partial charge in [0.25, 0.3) is 11.8 Å². The number of rotatable bonds is 9. The van der Waals surface area contributed by atoms with Gasteiger partial charge in [0.2, 0.25) is 0 Å². The summed E-state index contributed by atoms with van der Waals surface area (Å²) in [6.45, 7) is 4.22. The van der Waals surface area contributed by atoms with E-state index in [1.165, 1.54) is 13.8 Å². The molecule has 44 heavy (non-hydrogen) atoms. The quantitative estimate of drug-likeness (QED) is 0.297. The van der Waals surface area contributed by atoms with Gasteiger partial charge in [-0.2, -0.15) is 31.6 Å². The predicted molar refractivity (Wildman–Crippen MR) is 144 cm³/mol. The van der Waals surface area contributed by atoms with E-state index in [1.54, 1.807) is 6.07 Å². The zero-order valence-electron chi connectivity index (χ0n) is 24.0. The van der Waals surface area contributed by atoms with E-state index in [2.05, 4.69) is 15.3 Å². The van der Waals surface area contributed by atoms with Crippen LogP contribution in [-0.2, 0) is 17.1 Å². The van der Waals surface area contributed by atoms with E-state index in [4.69, 9.17) is 10.4 Å². The molecule has 240 valence electrons. The van der Waals surface area contributed by atoms with Gasteiger partial charge < -0.3 is 15.3 Å². The molecule has 3 heterocycles. The molecule has 0 aromatic carbocycles. The van der Waals surface area contributed by atoms with Gasteiger partial charge in [-0.05, 0) is 58.3 Å². The second kappa shape index (κ2) is 15.5. The number of hydrogen-bond donors (Lipinski definition) is 2. The zero-order valence-corrected chi connectivity index (χ0v) is 24.0. The maximum absolute atomic E-state index is 13.0. The molecule has 3 rings (SSSR count). The van der Waals surface area contributed by atoms with E-state index < -0.39 is 64.3 Å². The van der Waals surface area contributed by atoms with E-state index in [0.29, 0.717) is 6.07 Å². The van der Waals surface area contributed by atoms with Gasteiger partial charge in [0.1, 0.15) is 6.54 Å². The fourth-order valence-corrected chi connectivity index (χ4v) is 4.06. The number of nitrogens with zero attached hydrogens (tertiary/aromatic N) is 5. The molecule has 0 radical (unpaired) electrons. The van der Waals surface area contributed by atoms with Gasteiger partial charge in [0.15, 0.2) is 0 Å². The van der Waals surface area contributed by atoms with Crippen molar-refractivity contribution in [1.29, 1.82) is 5.26 Å². The van der Waals surface area contributed by atoms with Crippen LogP contribution in [0, 0.1) is 16.7 Å². The van der Waals surface area contributed by atoms with Gasteiger partial charge in [0, 0.05) is 31.3 Å². The third kappa shape index (κ3) is 10.5. The molecule has 2 aromatic heterocycles. The molecule has 16 heteroatoms. The number of carbonyl (C=O) groups is 3. The Labute approximate surface area is 249 Å². The summed E-state index contributed by atoms with van der Waals surface area (Å²) in [5.41, 5.74) is -4.40. The first-order valence-electron chi connectivity index (χ1n) is 13.4. The van der Waals surface area contributed by atoms with Crippen molar-refractivity contribution in [1.82, 2.24) is 25.1 Å². The molecule has 0 spiro atoms. The molecular formula is C28H32F6N6O4. The number of amides is 2. The molecule has 2 amide bonds. The van der Waals surface area contributed by atoms with Crippen molar-refractivity contribution in [3.8, 4) is 6.07 Å². The van der Waals surface area contributed by atoms with E-state index in [9.17, 15) is 40.7 Å². The van der Waals surface area contributed by atoms with Crippen LogP contribution >= 0.6 is 0 Å². The third-order valence-electron chi connectivity index (χ3n) is 6.77. The third-order valence-corrected chi connectivity index (χ3v) is 6.77. The van der Waals surface area contributed by atoms with Crippen molar-refractivity contribution in [3.63, 3.8) is 0 Å². The van der Waals surface area contributed by atoms with Crippen LogP contribution in [0.4, 0.5) is 26.3 Å². The summed E-state index contributed by atoms with van der Waals surface area (Å²) in [5, 5.41) is 20.4. The largest absolute Gasteiger partial charge is 0.481 e. The number of carboxylic acids is 1. The van der Waals surface area contributed by atoms with E-state index in [-0.39, 0.29) is 19.6 Å². The number of nitrogens with one attached hydrogen (secondary N) is 1. The lowest BCUT2D eigenvalue weighted by Gasteiger charge is -2.26. The van der Waals surface area contributed by atoms with Gasteiger partial charge >= 0.3 is 18.3 Å². The van der Waals surface area contributed by atoms with Gasteiger partial charge in [0.05, 0.1) is 40.4 Å². The Balaban J connectivity index is 0.000000311. The lowest BCUT2D eigenvalue weighted by atomic mass is 9.89. The maximum atomic E-state index is 13.0. The molecule has 0 atom stereocenters. The minimum atomic E-state index is -4.74. The number of piperidine rings is 1. The van der Waals surface area contributed by atoms with Crippen LogP contribution in [0.2, 0.25) is 0 Å². The average molecular weight is 631 g/mol. The van der Waals surface area contributed by atoms with Crippen molar-refractivity contribution in [2.24, 2.45) is 5.41 Å². The molecule has 0 saturated carbocycles. The van der Waals surface area contributed by atoms with E-state index in [0.717, 1.165) is 68.1 Å². The Morgan fingerprint density at radius 1 is 0.955 bits per heavy atom. The van der Waals surface area contributed by atoms with Crippen LogP contribution in [0.3, 0.4) is 0 Å². The van der Waals surface area contributed by atoms with Crippen molar-refractivity contribution in [3.05, 3.63) is 59.2 Å². The maximum Gasteiger partial charge on any atom is 0.417 e. The smallest absolute Gasteiger partial charge is 0.417 e. The monoisotopic (exact) mass is 630 g/mol. The molecule has 10 nitrogen and oxygen atoms in total. The van der Waals surface area contributed by atoms with Crippen LogP contribution in [0.5, 0.6) is 0 Å². The fraction of sp³-hybridized carbons (Fsp3) is 0.500. The molecule has 0 unspecified atom stereocenters. The Morgan fingerprint density at radius 2 is 1.48 bits per heavy atom. The summed E-state index contributed by atoms with van der Waals surface area (Å²) in [4.78, 5) is 45.4. The molecule has 0 aliphatic carbocycles. The normalized spacial score (nSPS) is 14.1. The van der Waals surface area contributed by atoms with E-state index >= 15 is 0 Å². The van der Waals surface area contributed by atoms with Crippen molar-refractivity contribution in [2.45, 2.75) is 51.9 Å².